The van der Waals surface area contributed by atoms with Crippen LogP contribution < -0.4 is 4.57 Å². The second-order valence-electron chi connectivity index (χ2n) is 7.38. The highest BCUT2D eigenvalue weighted by Gasteiger charge is 2.19. The van der Waals surface area contributed by atoms with E-state index in [0.717, 1.165) is 0 Å². The minimum absolute atomic E-state index is 0.612. The molecule has 0 aliphatic carbocycles. The summed E-state index contributed by atoms with van der Waals surface area (Å²) in [5, 5.41) is 0. The van der Waals surface area contributed by atoms with Crippen molar-refractivity contribution < 1.29 is 4.57 Å². The summed E-state index contributed by atoms with van der Waals surface area (Å²) in [5.74, 6) is 2.12. The van der Waals surface area contributed by atoms with Gasteiger partial charge in [-0.15, -0.1) is 0 Å². The van der Waals surface area contributed by atoms with Crippen LogP contribution in [0.4, 0.5) is 0 Å². The molecule has 1 aromatic heterocycles. The quantitative estimate of drug-likeness (QED) is 0.284. The van der Waals surface area contributed by atoms with Crippen molar-refractivity contribution in [3.63, 3.8) is 0 Å². The van der Waals surface area contributed by atoms with Crippen LogP contribution in [0.2, 0.25) is 0 Å². The number of nitrogens with zero attached hydrogens (tertiary/aromatic N) is 2. The zero-order chi connectivity index (χ0) is 16.9. The molecule has 0 fully saturated rings. The average molecular weight is 322 g/mol. The highest BCUT2D eigenvalue weighted by Crippen LogP contribution is 2.14. The van der Waals surface area contributed by atoms with Gasteiger partial charge < -0.3 is 0 Å². The van der Waals surface area contributed by atoms with E-state index in [0.29, 0.717) is 5.92 Å². The van der Waals surface area contributed by atoms with E-state index < -0.39 is 0 Å². The van der Waals surface area contributed by atoms with E-state index in [1.54, 1.807) is 0 Å². The standard InChI is InChI=1S/C21H41N2/c1-5-7-9-10-11-12-13-14-15-17-23-19-18-22(16-8-6-2)21(23)20(3)4/h18-20H,5-17H2,1-4H3/q+1. The molecule has 0 atom stereocenters. The second kappa shape index (κ2) is 12.6. The molecular formula is C21H41N2+. The highest BCUT2D eigenvalue weighted by atomic mass is 15.1. The van der Waals surface area contributed by atoms with Crippen LogP contribution in [0.3, 0.4) is 0 Å². The molecule has 0 aliphatic heterocycles. The van der Waals surface area contributed by atoms with Gasteiger partial charge >= 0.3 is 0 Å². The third-order valence-corrected chi connectivity index (χ3v) is 4.79. The predicted octanol–water partition coefficient (Wildman–Crippen LogP) is 6.23. The fourth-order valence-corrected chi connectivity index (χ4v) is 3.44. The first-order valence-electron chi connectivity index (χ1n) is 10.3. The summed E-state index contributed by atoms with van der Waals surface area (Å²) in [5.41, 5.74) is 0. The summed E-state index contributed by atoms with van der Waals surface area (Å²) in [6.45, 7) is 11.6. The number of unbranched alkanes of at least 4 members (excludes halogenated alkanes) is 9. The van der Waals surface area contributed by atoms with Crippen molar-refractivity contribution in [1.82, 2.24) is 4.57 Å². The highest BCUT2D eigenvalue weighted by molar-refractivity contribution is 4.89. The summed E-state index contributed by atoms with van der Waals surface area (Å²) in [6, 6.07) is 0. The minimum Gasteiger partial charge on any atom is -0.234 e. The van der Waals surface area contributed by atoms with Gasteiger partial charge in [-0.25, -0.2) is 9.13 Å². The Morgan fingerprint density at radius 1 is 0.826 bits per heavy atom. The molecule has 2 nitrogen and oxygen atoms in total. The van der Waals surface area contributed by atoms with Crippen molar-refractivity contribution >= 4 is 0 Å². The van der Waals surface area contributed by atoms with Crippen molar-refractivity contribution in [2.24, 2.45) is 0 Å². The molecule has 0 unspecified atom stereocenters. The lowest BCUT2D eigenvalue weighted by molar-refractivity contribution is -0.705. The molecule has 0 spiro atoms. The first-order chi connectivity index (χ1) is 11.2. The van der Waals surface area contributed by atoms with Gasteiger partial charge in [0, 0.05) is 0 Å². The molecule has 1 rings (SSSR count). The van der Waals surface area contributed by atoms with E-state index in [1.807, 2.05) is 0 Å². The summed E-state index contributed by atoms with van der Waals surface area (Å²) >= 11 is 0. The van der Waals surface area contributed by atoms with Gasteiger partial charge in [0.05, 0.1) is 19.0 Å². The van der Waals surface area contributed by atoms with Crippen molar-refractivity contribution in [2.75, 3.05) is 0 Å². The SMILES string of the molecule is CCCCCCCCCCCn1cc[n+](CCCC)c1C(C)C. The van der Waals surface area contributed by atoms with Crippen LogP contribution in [-0.4, -0.2) is 4.57 Å². The Kier molecular flexibility index (Phi) is 11.1. The molecule has 0 aliphatic rings. The van der Waals surface area contributed by atoms with Crippen molar-refractivity contribution in [3.8, 4) is 0 Å². The van der Waals surface area contributed by atoms with E-state index in [-0.39, 0.29) is 0 Å². The van der Waals surface area contributed by atoms with E-state index in [1.165, 1.54) is 89.5 Å². The Bertz CT molecular complexity index is 393. The first kappa shape index (κ1) is 20.3. The normalized spacial score (nSPS) is 11.5. The van der Waals surface area contributed by atoms with Gasteiger partial charge in [-0.05, 0) is 19.3 Å². The molecule has 0 amide bonds. The van der Waals surface area contributed by atoms with Gasteiger partial charge in [-0.3, -0.25) is 0 Å². The number of imidazole rings is 1. The van der Waals surface area contributed by atoms with Crippen molar-refractivity contribution in [3.05, 3.63) is 18.2 Å². The molecule has 0 N–H and O–H groups in total. The predicted molar refractivity (Wildman–Crippen MR) is 101 cm³/mol. The molecule has 0 radical (unpaired) electrons. The van der Waals surface area contributed by atoms with Gasteiger partial charge in [-0.1, -0.05) is 79.1 Å². The van der Waals surface area contributed by atoms with Gasteiger partial charge in [0.25, 0.3) is 5.82 Å². The molecule has 0 bridgehead atoms. The Hall–Kier alpha value is -0.790. The summed E-state index contributed by atoms with van der Waals surface area (Å²) < 4.78 is 4.98. The maximum absolute atomic E-state index is 2.50. The van der Waals surface area contributed by atoms with Crippen LogP contribution in [0.15, 0.2) is 12.4 Å². The number of hydrogen-bond donors (Lipinski definition) is 0. The first-order valence-corrected chi connectivity index (χ1v) is 10.3. The monoisotopic (exact) mass is 321 g/mol. The smallest absolute Gasteiger partial charge is 0.234 e. The Morgan fingerprint density at radius 2 is 1.39 bits per heavy atom. The van der Waals surface area contributed by atoms with Crippen LogP contribution in [0.1, 0.15) is 110 Å². The van der Waals surface area contributed by atoms with Gasteiger partial charge in [0.2, 0.25) is 0 Å². The van der Waals surface area contributed by atoms with Crippen LogP contribution in [-0.2, 0) is 13.1 Å². The minimum atomic E-state index is 0.612. The Balaban J connectivity index is 2.25. The summed E-state index contributed by atoms with van der Waals surface area (Å²) in [4.78, 5) is 0. The third-order valence-electron chi connectivity index (χ3n) is 4.79. The summed E-state index contributed by atoms with van der Waals surface area (Å²) in [7, 11) is 0. The maximum Gasteiger partial charge on any atom is 0.258 e. The fourth-order valence-electron chi connectivity index (χ4n) is 3.44. The third kappa shape index (κ3) is 8.04. The molecular weight excluding hydrogens is 280 g/mol. The molecule has 1 aromatic rings. The lowest BCUT2D eigenvalue weighted by atomic mass is 10.1. The van der Waals surface area contributed by atoms with Gasteiger partial charge in [0.15, 0.2) is 0 Å². The molecule has 0 saturated carbocycles. The number of aromatic nitrogens is 2. The molecule has 0 aromatic carbocycles. The van der Waals surface area contributed by atoms with Crippen LogP contribution in [0.25, 0.3) is 0 Å². The lowest BCUT2D eigenvalue weighted by Gasteiger charge is -2.08. The molecule has 134 valence electrons. The Morgan fingerprint density at radius 3 is 1.96 bits per heavy atom. The second-order valence-corrected chi connectivity index (χ2v) is 7.38. The summed E-state index contributed by atoms with van der Waals surface area (Å²) in [6.07, 6.45) is 19.8. The fraction of sp³-hybridized carbons (Fsp3) is 0.857. The zero-order valence-electron chi connectivity index (χ0n) is 16.3. The topological polar surface area (TPSA) is 8.81 Å². The van der Waals surface area contributed by atoms with Crippen LogP contribution in [0.5, 0.6) is 0 Å². The molecule has 1 heterocycles. The van der Waals surface area contributed by atoms with E-state index >= 15 is 0 Å². The van der Waals surface area contributed by atoms with Crippen LogP contribution >= 0.6 is 0 Å². The Labute approximate surface area is 145 Å². The van der Waals surface area contributed by atoms with Crippen molar-refractivity contribution in [1.29, 1.82) is 0 Å². The van der Waals surface area contributed by atoms with E-state index in [2.05, 4.69) is 49.2 Å². The average Bonchev–Trinajstić information content (AvgIpc) is 2.94. The van der Waals surface area contributed by atoms with Crippen molar-refractivity contribution in [2.45, 2.75) is 117 Å². The molecule has 0 saturated heterocycles. The van der Waals surface area contributed by atoms with E-state index in [4.69, 9.17) is 0 Å². The molecule has 2 heteroatoms. The van der Waals surface area contributed by atoms with Gasteiger partial charge in [-0.2, -0.15) is 0 Å². The zero-order valence-corrected chi connectivity index (χ0v) is 16.3. The number of rotatable bonds is 14. The largest absolute Gasteiger partial charge is 0.258 e. The van der Waals surface area contributed by atoms with E-state index in [9.17, 15) is 0 Å². The molecule has 23 heavy (non-hydrogen) atoms. The van der Waals surface area contributed by atoms with Crippen LogP contribution in [0, 0.1) is 0 Å². The lowest BCUT2D eigenvalue weighted by Crippen LogP contribution is -2.38. The number of hydrogen-bond acceptors (Lipinski definition) is 0. The van der Waals surface area contributed by atoms with Gasteiger partial charge in [0.1, 0.15) is 12.4 Å². The maximum atomic E-state index is 2.50. The number of aryl methyl sites for hydroxylation is 2.